The Hall–Kier alpha value is -0.330. The van der Waals surface area contributed by atoms with Crippen LogP contribution in [0.3, 0.4) is 0 Å². The van der Waals surface area contributed by atoms with Gasteiger partial charge >= 0.3 is 0 Å². The summed E-state index contributed by atoms with van der Waals surface area (Å²) in [6.07, 6.45) is 1.21. The maximum Gasteiger partial charge on any atom is 0.277 e. The Labute approximate surface area is 81.1 Å². The summed E-state index contributed by atoms with van der Waals surface area (Å²) in [6.45, 7) is 0. The topological polar surface area (TPSA) is 67.0 Å². The Balaban J connectivity index is 3.58. The van der Waals surface area contributed by atoms with E-state index in [1.807, 2.05) is 0 Å². The number of aromatic amines is 1. The van der Waals surface area contributed by atoms with Crippen LogP contribution in [-0.4, -0.2) is 13.4 Å². The largest absolute Gasteiger partial charge is 0.350 e. The third-order valence-corrected chi connectivity index (χ3v) is 3.43. The number of pyridine rings is 1. The molecule has 0 aliphatic carbocycles. The smallest absolute Gasteiger partial charge is 0.277 e. The molecule has 12 heavy (non-hydrogen) atoms. The SMILES string of the molecule is O=c1cc[nH]c(S(=O)(=O)Cl)c1Br. The van der Waals surface area contributed by atoms with Crippen molar-refractivity contribution in [3.63, 3.8) is 0 Å². The molecule has 1 aromatic heterocycles. The number of rotatable bonds is 1. The van der Waals surface area contributed by atoms with Gasteiger partial charge in [-0.15, -0.1) is 0 Å². The van der Waals surface area contributed by atoms with E-state index in [4.69, 9.17) is 10.7 Å². The third-order valence-electron chi connectivity index (χ3n) is 1.11. The van der Waals surface area contributed by atoms with Crippen molar-refractivity contribution < 1.29 is 8.42 Å². The molecule has 0 unspecified atom stereocenters. The van der Waals surface area contributed by atoms with E-state index in [9.17, 15) is 13.2 Å². The molecule has 1 aromatic rings. The van der Waals surface area contributed by atoms with Gasteiger partial charge in [0.1, 0.15) is 4.47 Å². The quantitative estimate of drug-likeness (QED) is 0.778. The molecule has 0 atom stereocenters. The van der Waals surface area contributed by atoms with Crippen LogP contribution in [0.1, 0.15) is 0 Å². The zero-order valence-corrected chi connectivity index (χ0v) is 8.70. The zero-order chi connectivity index (χ0) is 9.35. The van der Waals surface area contributed by atoms with E-state index in [2.05, 4.69) is 20.9 Å². The molecule has 1 N–H and O–H groups in total. The summed E-state index contributed by atoms with van der Waals surface area (Å²) in [5.41, 5.74) is -0.437. The van der Waals surface area contributed by atoms with Crippen molar-refractivity contribution >= 4 is 35.7 Å². The van der Waals surface area contributed by atoms with E-state index >= 15 is 0 Å². The van der Waals surface area contributed by atoms with Gasteiger partial charge in [0.05, 0.1) is 0 Å². The molecule has 4 nitrogen and oxygen atoms in total. The summed E-state index contributed by atoms with van der Waals surface area (Å²) in [7, 11) is 1.12. The minimum atomic E-state index is -3.89. The number of nitrogens with one attached hydrogen (secondary N) is 1. The van der Waals surface area contributed by atoms with E-state index in [-0.39, 0.29) is 9.50 Å². The molecule has 0 radical (unpaired) electrons. The van der Waals surface area contributed by atoms with Gasteiger partial charge in [0.2, 0.25) is 0 Å². The van der Waals surface area contributed by atoms with Gasteiger partial charge in [-0.3, -0.25) is 4.79 Å². The fourth-order valence-electron chi connectivity index (χ4n) is 0.619. The number of hydrogen-bond acceptors (Lipinski definition) is 3. The first-order chi connectivity index (χ1) is 5.43. The summed E-state index contributed by atoms with van der Waals surface area (Å²) in [5, 5.41) is -0.323. The van der Waals surface area contributed by atoms with Crippen LogP contribution in [0.4, 0.5) is 0 Å². The zero-order valence-electron chi connectivity index (χ0n) is 5.54. The maximum atomic E-state index is 10.9. The molecule has 0 aromatic carbocycles. The van der Waals surface area contributed by atoms with Gasteiger partial charge in [-0.25, -0.2) is 8.42 Å². The van der Waals surface area contributed by atoms with E-state index in [1.165, 1.54) is 12.3 Å². The van der Waals surface area contributed by atoms with Gasteiger partial charge in [0, 0.05) is 22.9 Å². The molecule has 0 aliphatic heterocycles. The Morgan fingerprint density at radius 3 is 2.50 bits per heavy atom. The minimum absolute atomic E-state index is 0.0833. The second kappa shape index (κ2) is 3.20. The van der Waals surface area contributed by atoms with Crippen molar-refractivity contribution in [1.29, 1.82) is 0 Å². The Morgan fingerprint density at radius 1 is 1.50 bits per heavy atom. The molecule has 1 rings (SSSR count). The fourth-order valence-corrected chi connectivity index (χ4v) is 2.67. The molecule has 0 saturated carbocycles. The van der Waals surface area contributed by atoms with Crippen LogP contribution in [0.15, 0.2) is 26.6 Å². The summed E-state index contributed by atoms with van der Waals surface area (Å²) in [4.78, 5) is 13.2. The van der Waals surface area contributed by atoms with Crippen molar-refractivity contribution in [3.05, 3.63) is 27.0 Å². The Kier molecular flexibility index (Phi) is 2.60. The lowest BCUT2D eigenvalue weighted by Gasteiger charge is -1.96. The summed E-state index contributed by atoms with van der Waals surface area (Å²) in [6, 6.07) is 1.19. The molecule has 7 heteroatoms. The van der Waals surface area contributed by atoms with Crippen LogP contribution < -0.4 is 5.43 Å². The average molecular weight is 273 g/mol. The first-order valence-electron chi connectivity index (χ1n) is 2.75. The average Bonchev–Trinajstić information content (AvgIpc) is 1.92. The molecular weight excluding hydrogens is 269 g/mol. The van der Waals surface area contributed by atoms with Gasteiger partial charge in [-0.2, -0.15) is 0 Å². The number of aromatic nitrogens is 1. The van der Waals surface area contributed by atoms with Crippen LogP contribution >= 0.6 is 26.6 Å². The monoisotopic (exact) mass is 271 g/mol. The summed E-state index contributed by atoms with van der Waals surface area (Å²) >= 11 is 2.81. The van der Waals surface area contributed by atoms with Crippen molar-refractivity contribution in [1.82, 2.24) is 4.98 Å². The van der Waals surface area contributed by atoms with Crippen LogP contribution in [0.2, 0.25) is 0 Å². The lowest BCUT2D eigenvalue weighted by Crippen LogP contribution is -2.07. The van der Waals surface area contributed by atoms with Crippen molar-refractivity contribution in [2.75, 3.05) is 0 Å². The molecular formula is C5H3BrClNO3S. The molecule has 0 aliphatic rings. The highest BCUT2D eigenvalue weighted by Crippen LogP contribution is 2.18. The predicted molar refractivity (Wildman–Crippen MR) is 47.8 cm³/mol. The number of hydrogen-bond donors (Lipinski definition) is 1. The highest BCUT2D eigenvalue weighted by atomic mass is 79.9. The van der Waals surface area contributed by atoms with Crippen molar-refractivity contribution in [3.8, 4) is 0 Å². The first-order valence-corrected chi connectivity index (χ1v) is 5.85. The number of H-pyrrole nitrogens is 1. The van der Waals surface area contributed by atoms with Gasteiger partial charge in [-0.05, 0) is 15.9 Å². The molecule has 0 spiro atoms. The molecule has 0 amide bonds. The van der Waals surface area contributed by atoms with E-state index in [0.29, 0.717) is 0 Å². The van der Waals surface area contributed by atoms with E-state index in [1.54, 1.807) is 0 Å². The van der Waals surface area contributed by atoms with Gasteiger partial charge in [0.15, 0.2) is 10.5 Å². The van der Waals surface area contributed by atoms with Crippen LogP contribution in [0, 0.1) is 0 Å². The van der Waals surface area contributed by atoms with Gasteiger partial charge in [0.25, 0.3) is 9.05 Å². The van der Waals surface area contributed by atoms with Crippen LogP contribution in [0.5, 0.6) is 0 Å². The predicted octanol–water partition coefficient (Wildman–Crippen LogP) is 1.06. The second-order valence-corrected chi connectivity index (χ2v) is 5.22. The lowest BCUT2D eigenvalue weighted by molar-refractivity contribution is 0.605. The third kappa shape index (κ3) is 1.88. The fraction of sp³-hybridized carbons (Fsp3) is 0. The van der Waals surface area contributed by atoms with Crippen molar-refractivity contribution in [2.45, 2.75) is 5.03 Å². The van der Waals surface area contributed by atoms with E-state index < -0.39 is 14.5 Å². The highest BCUT2D eigenvalue weighted by molar-refractivity contribution is 9.10. The van der Waals surface area contributed by atoms with Crippen molar-refractivity contribution in [2.24, 2.45) is 0 Å². The van der Waals surface area contributed by atoms with E-state index in [0.717, 1.165) is 0 Å². The first kappa shape index (κ1) is 9.76. The molecule has 1 heterocycles. The molecule has 0 fully saturated rings. The van der Waals surface area contributed by atoms with Gasteiger partial charge in [-0.1, -0.05) is 0 Å². The lowest BCUT2D eigenvalue weighted by atomic mass is 10.5. The highest BCUT2D eigenvalue weighted by Gasteiger charge is 2.16. The summed E-state index contributed by atoms with van der Waals surface area (Å²) < 4.78 is 21.5. The summed E-state index contributed by atoms with van der Waals surface area (Å²) in [5.74, 6) is 0. The Bertz CT molecular complexity index is 452. The Morgan fingerprint density at radius 2 is 2.08 bits per heavy atom. The van der Waals surface area contributed by atoms with Crippen LogP contribution in [-0.2, 0) is 9.05 Å². The maximum absolute atomic E-state index is 10.9. The minimum Gasteiger partial charge on any atom is -0.350 e. The standard InChI is InChI=1S/C5H3BrClNO3S/c6-4-3(9)1-2-8-5(4)12(7,10)11/h1-2H,(H,8,9). The molecule has 66 valence electrons. The number of halogens is 2. The second-order valence-electron chi connectivity index (χ2n) is 1.92. The molecule has 0 saturated heterocycles. The normalized spacial score (nSPS) is 11.5. The molecule has 0 bridgehead atoms. The van der Waals surface area contributed by atoms with Gasteiger partial charge < -0.3 is 4.98 Å². The van der Waals surface area contributed by atoms with Crippen LogP contribution in [0.25, 0.3) is 0 Å².